The molecule has 1 atom stereocenters. The predicted molar refractivity (Wildman–Crippen MR) is 102 cm³/mol. The average molecular weight is 351 g/mol. The summed E-state index contributed by atoms with van der Waals surface area (Å²) < 4.78 is 0. The lowest BCUT2D eigenvalue weighted by molar-refractivity contribution is -0.132. The highest BCUT2D eigenvalue weighted by atomic mass is 16.2. The minimum atomic E-state index is -1.01. The van der Waals surface area contributed by atoms with Crippen LogP contribution >= 0.6 is 0 Å². The maximum absolute atomic E-state index is 13.1. The first-order valence-electron chi connectivity index (χ1n) is 9.33. The Bertz CT molecular complexity index is 857. The van der Waals surface area contributed by atoms with E-state index < -0.39 is 5.54 Å². The number of nitrogens with zero attached hydrogens (tertiary/aromatic N) is 2. The first-order valence-corrected chi connectivity index (χ1v) is 9.33. The molecule has 5 heteroatoms. The maximum atomic E-state index is 13.1. The number of piperidine rings is 1. The van der Waals surface area contributed by atoms with Gasteiger partial charge in [-0.25, -0.2) is 9.69 Å². The zero-order valence-electron chi connectivity index (χ0n) is 15.4. The number of carbonyl (C=O) groups excluding carboxylic acids is 2. The molecule has 2 aliphatic heterocycles. The third-order valence-electron chi connectivity index (χ3n) is 5.82. The summed E-state index contributed by atoms with van der Waals surface area (Å²) in [6.45, 7) is 6.30. The van der Waals surface area contributed by atoms with Crippen molar-refractivity contribution in [2.24, 2.45) is 5.92 Å². The third kappa shape index (κ3) is 2.86. The quantitative estimate of drug-likeness (QED) is 0.864. The highest BCUT2D eigenvalue weighted by Gasteiger charge is 2.49. The Morgan fingerprint density at radius 2 is 1.77 bits per heavy atom. The Kier molecular flexibility index (Phi) is 4.19. The van der Waals surface area contributed by atoms with E-state index in [1.54, 1.807) is 6.92 Å². The predicted octanol–water partition coefficient (Wildman–Crippen LogP) is 3.30. The molecule has 0 spiro atoms. The lowest BCUT2D eigenvalue weighted by Gasteiger charge is -2.32. The Balaban J connectivity index is 1.58. The molecule has 0 aliphatic carbocycles. The van der Waals surface area contributed by atoms with Gasteiger partial charge in [-0.3, -0.25) is 9.69 Å². The van der Waals surface area contributed by atoms with Gasteiger partial charge in [0.2, 0.25) is 0 Å². The number of fused-ring (bicyclic) bond motifs is 1. The summed E-state index contributed by atoms with van der Waals surface area (Å²) in [4.78, 5) is 29.2. The molecule has 2 aliphatic rings. The molecule has 136 valence electrons. The first-order chi connectivity index (χ1) is 12.5. The molecule has 5 nitrogen and oxygen atoms in total. The lowest BCUT2D eigenvalue weighted by Crippen LogP contribution is -2.46. The Labute approximate surface area is 154 Å². The zero-order valence-corrected chi connectivity index (χ0v) is 15.4. The molecule has 0 radical (unpaired) electrons. The molecule has 2 fully saturated rings. The normalized spacial score (nSPS) is 25.1. The number of nitrogens with one attached hydrogen (secondary N) is 1. The summed E-state index contributed by atoms with van der Waals surface area (Å²) in [5.41, 5.74) is -0.186. The summed E-state index contributed by atoms with van der Waals surface area (Å²) in [6.07, 6.45) is 2.23. The average Bonchev–Trinajstić information content (AvgIpc) is 2.87. The summed E-state index contributed by atoms with van der Waals surface area (Å²) >= 11 is 0. The van der Waals surface area contributed by atoms with E-state index >= 15 is 0 Å². The molecule has 2 saturated heterocycles. The standard InChI is InChI=1S/C21H25N3O2/c1-15-9-11-23(12-10-15)14-24-19(25)21(2,22-20(24)26)18-8-7-16-5-3-4-6-17(16)13-18/h3-8,13,15H,9-12,14H2,1-2H3,(H,22,26)/t21-/m0/s1. The molecule has 2 aromatic rings. The number of likely N-dealkylation sites (tertiary alicyclic amines) is 1. The number of amides is 3. The highest BCUT2D eigenvalue weighted by molar-refractivity contribution is 6.07. The Hall–Kier alpha value is -2.40. The van der Waals surface area contributed by atoms with Crippen LogP contribution in [0.3, 0.4) is 0 Å². The fourth-order valence-corrected chi connectivity index (χ4v) is 3.92. The van der Waals surface area contributed by atoms with Crippen LogP contribution in [0, 0.1) is 5.92 Å². The van der Waals surface area contributed by atoms with Crippen molar-refractivity contribution < 1.29 is 9.59 Å². The van der Waals surface area contributed by atoms with E-state index in [4.69, 9.17) is 0 Å². The number of carbonyl (C=O) groups is 2. The molecule has 4 rings (SSSR count). The largest absolute Gasteiger partial charge is 0.326 e. The molecule has 2 heterocycles. The van der Waals surface area contributed by atoms with Crippen LogP contribution in [0.25, 0.3) is 10.8 Å². The van der Waals surface area contributed by atoms with Crippen LogP contribution in [0.2, 0.25) is 0 Å². The lowest BCUT2D eigenvalue weighted by atomic mass is 9.90. The molecule has 3 amide bonds. The SMILES string of the molecule is CC1CCN(CN2C(=O)N[C@@](C)(c3ccc4ccccc4c3)C2=O)CC1. The monoisotopic (exact) mass is 351 g/mol. The number of rotatable bonds is 3. The van der Waals surface area contributed by atoms with Crippen LogP contribution < -0.4 is 5.32 Å². The van der Waals surface area contributed by atoms with Gasteiger partial charge in [-0.1, -0.05) is 43.3 Å². The van der Waals surface area contributed by atoms with Crippen molar-refractivity contribution in [3.63, 3.8) is 0 Å². The van der Waals surface area contributed by atoms with E-state index in [-0.39, 0.29) is 11.9 Å². The minimum Gasteiger partial charge on any atom is -0.319 e. The van der Waals surface area contributed by atoms with Crippen molar-refractivity contribution in [3.8, 4) is 0 Å². The molecule has 0 bridgehead atoms. The summed E-state index contributed by atoms with van der Waals surface area (Å²) in [5, 5.41) is 5.11. The zero-order chi connectivity index (χ0) is 18.3. The van der Waals surface area contributed by atoms with Gasteiger partial charge >= 0.3 is 6.03 Å². The van der Waals surface area contributed by atoms with Crippen molar-refractivity contribution in [3.05, 3.63) is 48.0 Å². The van der Waals surface area contributed by atoms with Gasteiger partial charge in [-0.2, -0.15) is 0 Å². The number of imide groups is 1. The van der Waals surface area contributed by atoms with Gasteiger partial charge in [0.25, 0.3) is 5.91 Å². The fourth-order valence-electron chi connectivity index (χ4n) is 3.92. The molecule has 0 aromatic heterocycles. The highest BCUT2D eigenvalue weighted by Crippen LogP contribution is 2.31. The van der Waals surface area contributed by atoms with Gasteiger partial charge in [0.15, 0.2) is 0 Å². The van der Waals surface area contributed by atoms with Crippen molar-refractivity contribution in [1.82, 2.24) is 15.1 Å². The van der Waals surface area contributed by atoms with E-state index in [1.807, 2.05) is 42.5 Å². The third-order valence-corrected chi connectivity index (χ3v) is 5.82. The molecule has 0 saturated carbocycles. The van der Waals surface area contributed by atoms with E-state index in [9.17, 15) is 9.59 Å². The fraction of sp³-hybridized carbons (Fsp3) is 0.429. The van der Waals surface area contributed by atoms with Crippen LogP contribution in [0.1, 0.15) is 32.3 Å². The topological polar surface area (TPSA) is 52.6 Å². The van der Waals surface area contributed by atoms with Crippen molar-refractivity contribution >= 4 is 22.7 Å². The molecular formula is C21H25N3O2. The Morgan fingerprint density at radius 3 is 2.50 bits per heavy atom. The van der Waals surface area contributed by atoms with Gasteiger partial charge in [0.1, 0.15) is 5.54 Å². The van der Waals surface area contributed by atoms with Crippen molar-refractivity contribution in [2.45, 2.75) is 32.2 Å². The number of hydrogen-bond donors (Lipinski definition) is 1. The molecule has 0 unspecified atom stereocenters. The second-order valence-electron chi connectivity index (χ2n) is 7.79. The van der Waals surface area contributed by atoms with Crippen molar-refractivity contribution in [1.29, 1.82) is 0 Å². The van der Waals surface area contributed by atoms with Crippen LogP contribution in [0.15, 0.2) is 42.5 Å². The molecular weight excluding hydrogens is 326 g/mol. The first kappa shape index (κ1) is 17.0. The van der Waals surface area contributed by atoms with Crippen LogP contribution in [0.4, 0.5) is 4.79 Å². The van der Waals surface area contributed by atoms with Crippen LogP contribution in [0.5, 0.6) is 0 Å². The van der Waals surface area contributed by atoms with Gasteiger partial charge in [-0.15, -0.1) is 0 Å². The summed E-state index contributed by atoms with van der Waals surface area (Å²) in [6, 6.07) is 13.7. The Morgan fingerprint density at radius 1 is 1.08 bits per heavy atom. The van der Waals surface area contributed by atoms with Gasteiger partial charge in [0.05, 0.1) is 6.67 Å². The second-order valence-corrected chi connectivity index (χ2v) is 7.79. The van der Waals surface area contributed by atoms with E-state index in [0.29, 0.717) is 6.67 Å². The minimum absolute atomic E-state index is 0.170. The van der Waals surface area contributed by atoms with Gasteiger partial charge in [-0.05, 0) is 48.1 Å². The summed E-state index contributed by atoms with van der Waals surface area (Å²) in [5.74, 6) is 0.550. The van der Waals surface area contributed by atoms with Crippen molar-refractivity contribution in [2.75, 3.05) is 19.8 Å². The van der Waals surface area contributed by atoms with E-state index in [0.717, 1.165) is 48.2 Å². The smallest absolute Gasteiger partial charge is 0.319 e. The molecule has 2 aromatic carbocycles. The van der Waals surface area contributed by atoms with Crippen LogP contribution in [-0.4, -0.2) is 41.5 Å². The van der Waals surface area contributed by atoms with Crippen LogP contribution in [-0.2, 0) is 10.3 Å². The molecule has 1 N–H and O–H groups in total. The summed E-state index contributed by atoms with van der Waals surface area (Å²) in [7, 11) is 0. The van der Waals surface area contributed by atoms with Gasteiger partial charge < -0.3 is 5.32 Å². The van der Waals surface area contributed by atoms with E-state index in [2.05, 4.69) is 17.1 Å². The van der Waals surface area contributed by atoms with E-state index in [1.165, 1.54) is 4.90 Å². The molecule has 26 heavy (non-hydrogen) atoms. The van der Waals surface area contributed by atoms with Gasteiger partial charge in [0, 0.05) is 13.1 Å². The number of benzene rings is 2. The number of hydrogen-bond acceptors (Lipinski definition) is 3. The second kappa shape index (κ2) is 6.40. The maximum Gasteiger partial charge on any atom is 0.326 e. The number of urea groups is 1.